The smallest absolute Gasteiger partial charge is 0.253 e. The van der Waals surface area contributed by atoms with Gasteiger partial charge >= 0.3 is 0 Å². The van der Waals surface area contributed by atoms with Crippen molar-refractivity contribution in [2.24, 2.45) is 5.92 Å². The quantitative estimate of drug-likeness (QED) is 0.277. The van der Waals surface area contributed by atoms with Crippen molar-refractivity contribution in [1.82, 2.24) is 20.1 Å². The van der Waals surface area contributed by atoms with E-state index in [9.17, 15) is 9.59 Å². The van der Waals surface area contributed by atoms with E-state index >= 15 is 0 Å². The van der Waals surface area contributed by atoms with Crippen LogP contribution in [0.2, 0.25) is 5.02 Å². The number of nitrogens with zero attached hydrogens (tertiary/aromatic N) is 3. The molecule has 10 heteroatoms. The lowest BCUT2D eigenvalue weighted by atomic mass is 10.0. The molecule has 0 bridgehead atoms. The van der Waals surface area contributed by atoms with Crippen molar-refractivity contribution < 1.29 is 14.3 Å². The third kappa shape index (κ3) is 6.86. The molecular weight excluding hydrogens is 486 g/mol. The van der Waals surface area contributed by atoms with Gasteiger partial charge in [0.25, 0.3) is 5.91 Å². The van der Waals surface area contributed by atoms with Crippen molar-refractivity contribution in [3.63, 3.8) is 0 Å². The highest BCUT2D eigenvalue weighted by Crippen LogP contribution is 2.27. The van der Waals surface area contributed by atoms with Crippen LogP contribution < -0.4 is 15.4 Å². The van der Waals surface area contributed by atoms with Crippen LogP contribution in [0.25, 0.3) is 0 Å². The standard InChI is InChI=1S/C25H28ClN5O3S/c1-5-13-31-23(22(16(2)3)28-24(33)19-11-6-7-12-20(19)26)29-30-25(31)35-15-21(32)27-17-9-8-10-18(14-17)34-4/h5-12,14,16,22H,1,13,15H2,2-4H3,(H,27,32)(H,28,33)/t22-/m1/s1. The summed E-state index contributed by atoms with van der Waals surface area (Å²) in [5.74, 6) is 0.897. The number of amides is 2. The predicted molar refractivity (Wildman–Crippen MR) is 139 cm³/mol. The largest absolute Gasteiger partial charge is 0.497 e. The molecular formula is C25H28ClN5O3S. The minimum absolute atomic E-state index is 0.0170. The van der Waals surface area contributed by atoms with Gasteiger partial charge in [0, 0.05) is 18.3 Å². The number of carbonyl (C=O) groups excluding carboxylic acids is 2. The van der Waals surface area contributed by atoms with E-state index in [2.05, 4.69) is 27.4 Å². The minimum Gasteiger partial charge on any atom is -0.497 e. The van der Waals surface area contributed by atoms with Crippen molar-refractivity contribution in [2.75, 3.05) is 18.2 Å². The van der Waals surface area contributed by atoms with Crippen LogP contribution in [0.3, 0.4) is 0 Å². The maximum Gasteiger partial charge on any atom is 0.253 e. The Kier molecular flexibility index (Phi) is 9.33. The highest BCUT2D eigenvalue weighted by molar-refractivity contribution is 7.99. The van der Waals surface area contributed by atoms with E-state index < -0.39 is 6.04 Å². The van der Waals surface area contributed by atoms with Crippen LogP contribution in [0, 0.1) is 5.92 Å². The number of aromatic nitrogens is 3. The van der Waals surface area contributed by atoms with Crippen molar-refractivity contribution in [2.45, 2.75) is 31.6 Å². The maximum absolute atomic E-state index is 12.9. The first-order valence-electron chi connectivity index (χ1n) is 11.0. The summed E-state index contributed by atoms with van der Waals surface area (Å²) in [6.07, 6.45) is 1.72. The van der Waals surface area contributed by atoms with E-state index in [-0.39, 0.29) is 23.5 Å². The fraction of sp³-hybridized carbons (Fsp3) is 0.280. The lowest BCUT2D eigenvalue weighted by molar-refractivity contribution is -0.113. The Labute approximate surface area is 214 Å². The summed E-state index contributed by atoms with van der Waals surface area (Å²) in [4.78, 5) is 25.4. The summed E-state index contributed by atoms with van der Waals surface area (Å²) in [6.45, 7) is 8.22. The summed E-state index contributed by atoms with van der Waals surface area (Å²) in [5, 5.41) is 15.5. The number of carbonyl (C=O) groups is 2. The van der Waals surface area contributed by atoms with Gasteiger partial charge in [0.15, 0.2) is 11.0 Å². The van der Waals surface area contributed by atoms with Gasteiger partial charge in [0.1, 0.15) is 5.75 Å². The summed E-state index contributed by atoms with van der Waals surface area (Å²) in [6, 6.07) is 13.6. The van der Waals surface area contributed by atoms with Crippen LogP contribution in [-0.2, 0) is 11.3 Å². The zero-order valence-corrected chi connectivity index (χ0v) is 21.4. The van der Waals surface area contributed by atoms with Gasteiger partial charge in [0.2, 0.25) is 5.91 Å². The first-order valence-corrected chi connectivity index (χ1v) is 12.4. The summed E-state index contributed by atoms with van der Waals surface area (Å²) in [7, 11) is 1.57. The lowest BCUT2D eigenvalue weighted by Crippen LogP contribution is -2.34. The molecule has 0 aliphatic heterocycles. The summed E-state index contributed by atoms with van der Waals surface area (Å²) in [5.41, 5.74) is 1.03. The first-order chi connectivity index (χ1) is 16.8. The molecule has 1 aromatic heterocycles. The molecule has 0 aliphatic carbocycles. The van der Waals surface area contributed by atoms with Gasteiger partial charge in [-0.3, -0.25) is 9.59 Å². The van der Waals surface area contributed by atoms with Gasteiger partial charge in [-0.15, -0.1) is 16.8 Å². The fourth-order valence-electron chi connectivity index (χ4n) is 3.36. The number of ether oxygens (including phenoxy) is 1. The van der Waals surface area contributed by atoms with Gasteiger partial charge in [-0.25, -0.2) is 0 Å². The number of thioether (sulfide) groups is 1. The highest BCUT2D eigenvalue weighted by Gasteiger charge is 2.27. The van der Waals surface area contributed by atoms with Gasteiger partial charge in [0.05, 0.1) is 29.5 Å². The number of nitrogens with one attached hydrogen (secondary N) is 2. The van der Waals surface area contributed by atoms with E-state index in [1.54, 1.807) is 61.7 Å². The van der Waals surface area contributed by atoms with Crippen molar-refractivity contribution >= 4 is 40.9 Å². The Bertz CT molecular complexity index is 1200. The number of methoxy groups -OCH3 is 1. The second-order valence-electron chi connectivity index (χ2n) is 7.98. The van der Waals surface area contributed by atoms with Crippen molar-refractivity contribution in [3.05, 3.63) is 77.6 Å². The van der Waals surface area contributed by atoms with E-state index in [1.807, 2.05) is 18.4 Å². The zero-order chi connectivity index (χ0) is 25.4. The third-order valence-electron chi connectivity index (χ3n) is 5.09. The lowest BCUT2D eigenvalue weighted by Gasteiger charge is -2.23. The van der Waals surface area contributed by atoms with Crippen LogP contribution in [0.1, 0.15) is 36.1 Å². The Morgan fingerprint density at radius 3 is 2.66 bits per heavy atom. The number of allylic oxidation sites excluding steroid dienone is 1. The molecule has 8 nitrogen and oxygen atoms in total. The van der Waals surface area contributed by atoms with Crippen molar-refractivity contribution in [3.8, 4) is 5.75 Å². The molecule has 0 unspecified atom stereocenters. The molecule has 3 rings (SSSR count). The zero-order valence-electron chi connectivity index (χ0n) is 19.8. The Morgan fingerprint density at radius 2 is 1.97 bits per heavy atom. The average Bonchev–Trinajstić information content (AvgIpc) is 3.23. The number of benzene rings is 2. The number of rotatable bonds is 11. The van der Waals surface area contributed by atoms with Crippen LogP contribution in [0.4, 0.5) is 5.69 Å². The van der Waals surface area contributed by atoms with Gasteiger partial charge in [-0.2, -0.15) is 0 Å². The van der Waals surface area contributed by atoms with Gasteiger partial charge in [-0.05, 0) is 30.2 Å². The van der Waals surface area contributed by atoms with Gasteiger partial charge < -0.3 is 19.9 Å². The number of hydrogen-bond donors (Lipinski definition) is 2. The molecule has 1 atom stereocenters. The second kappa shape index (κ2) is 12.4. The Balaban J connectivity index is 1.75. The second-order valence-corrected chi connectivity index (χ2v) is 9.33. The molecule has 0 fully saturated rings. The molecule has 0 saturated heterocycles. The fourth-order valence-corrected chi connectivity index (χ4v) is 4.34. The molecule has 35 heavy (non-hydrogen) atoms. The SMILES string of the molecule is C=CCn1c(SCC(=O)Nc2cccc(OC)c2)nnc1[C@H](NC(=O)c1ccccc1Cl)C(C)C. The molecule has 2 aromatic carbocycles. The van der Waals surface area contributed by atoms with Gasteiger partial charge in [-0.1, -0.05) is 61.5 Å². The molecule has 184 valence electrons. The number of hydrogen-bond acceptors (Lipinski definition) is 6. The molecule has 0 saturated carbocycles. The Morgan fingerprint density at radius 1 is 1.20 bits per heavy atom. The normalized spacial score (nSPS) is 11.7. The minimum atomic E-state index is -0.425. The maximum atomic E-state index is 12.9. The molecule has 1 heterocycles. The average molecular weight is 514 g/mol. The third-order valence-corrected chi connectivity index (χ3v) is 6.39. The van der Waals surface area contributed by atoms with Crippen molar-refractivity contribution in [1.29, 1.82) is 0 Å². The highest BCUT2D eigenvalue weighted by atomic mass is 35.5. The van der Waals surface area contributed by atoms with E-state index in [1.165, 1.54) is 11.8 Å². The van der Waals surface area contributed by atoms with Crippen LogP contribution in [-0.4, -0.2) is 39.4 Å². The molecule has 2 N–H and O–H groups in total. The number of anilines is 1. The van der Waals surface area contributed by atoms with E-state index in [0.717, 1.165) is 0 Å². The van der Waals surface area contributed by atoms with Crippen LogP contribution >= 0.6 is 23.4 Å². The summed E-state index contributed by atoms with van der Waals surface area (Å²) < 4.78 is 7.05. The first kappa shape index (κ1) is 26.3. The monoisotopic (exact) mass is 513 g/mol. The molecule has 0 spiro atoms. The molecule has 0 aliphatic rings. The number of halogens is 1. The Hall–Kier alpha value is -3.30. The molecule has 0 radical (unpaired) electrons. The van der Waals surface area contributed by atoms with E-state index in [0.29, 0.717) is 39.5 Å². The van der Waals surface area contributed by atoms with Crippen LogP contribution in [0.5, 0.6) is 5.75 Å². The molecule has 2 amide bonds. The van der Waals surface area contributed by atoms with E-state index in [4.69, 9.17) is 16.3 Å². The molecule has 3 aromatic rings. The summed E-state index contributed by atoms with van der Waals surface area (Å²) >= 11 is 7.46. The van der Waals surface area contributed by atoms with Crippen LogP contribution in [0.15, 0.2) is 66.3 Å². The topological polar surface area (TPSA) is 98.1 Å². The predicted octanol–water partition coefficient (Wildman–Crippen LogP) is 4.98.